The van der Waals surface area contributed by atoms with Crippen LogP contribution < -0.4 is 10.6 Å². The highest BCUT2D eigenvalue weighted by Gasteiger charge is 2.53. The molecule has 3 amide bonds. The van der Waals surface area contributed by atoms with Gasteiger partial charge in [0.2, 0.25) is 11.8 Å². The van der Waals surface area contributed by atoms with Crippen molar-refractivity contribution in [1.29, 1.82) is 0 Å². The van der Waals surface area contributed by atoms with E-state index >= 15 is 0 Å². The molecule has 2 saturated heterocycles. The lowest BCUT2D eigenvalue weighted by atomic mass is 9.81. The van der Waals surface area contributed by atoms with E-state index in [0.717, 1.165) is 44.5 Å². The average molecular weight is 611 g/mol. The fourth-order valence-corrected chi connectivity index (χ4v) is 6.50. The van der Waals surface area contributed by atoms with Gasteiger partial charge in [0, 0.05) is 32.7 Å². The van der Waals surface area contributed by atoms with E-state index in [0.29, 0.717) is 45.2 Å². The predicted molar refractivity (Wildman–Crippen MR) is 175 cm³/mol. The standard InChI is InChI=1S/C37H46N4O4/c42-34-33(20-10-11-24-38-36(44)45-29-32-17-8-3-9-18-32)39-35(43)37(41(34)25-12-19-30-13-4-1-5-14-30)22-27-40(28-23-37)26-21-31-15-6-2-7-16-31/h1-9,13-18,33H,10-12,19-29H2,(H,38,44)(H,39,43)/t33-/m0/s1. The van der Waals surface area contributed by atoms with Crippen LogP contribution in [0.15, 0.2) is 91.0 Å². The van der Waals surface area contributed by atoms with Crippen LogP contribution in [-0.2, 0) is 33.8 Å². The molecule has 2 aliphatic heterocycles. The quantitative estimate of drug-likeness (QED) is 0.247. The number of carbonyl (C=O) groups is 3. The molecule has 2 heterocycles. The molecular formula is C37H46N4O4. The monoisotopic (exact) mass is 610 g/mol. The van der Waals surface area contributed by atoms with E-state index in [4.69, 9.17) is 4.74 Å². The second kappa shape index (κ2) is 16.2. The summed E-state index contributed by atoms with van der Waals surface area (Å²) in [4.78, 5) is 44.2. The molecule has 2 N–H and O–H groups in total. The summed E-state index contributed by atoms with van der Waals surface area (Å²) in [5, 5.41) is 5.90. The maximum absolute atomic E-state index is 14.0. The summed E-state index contributed by atoms with van der Waals surface area (Å²) < 4.78 is 5.28. The summed E-state index contributed by atoms with van der Waals surface area (Å²) in [6, 6.07) is 29.8. The van der Waals surface area contributed by atoms with Gasteiger partial charge in [-0.2, -0.15) is 0 Å². The van der Waals surface area contributed by atoms with Crippen LogP contribution in [0, 0.1) is 0 Å². The number of carbonyl (C=O) groups excluding carboxylic acids is 3. The molecule has 2 aliphatic rings. The van der Waals surface area contributed by atoms with Crippen LogP contribution in [0.2, 0.25) is 0 Å². The Labute approximate surface area is 267 Å². The number of ether oxygens (including phenoxy) is 1. The molecule has 45 heavy (non-hydrogen) atoms. The first-order chi connectivity index (χ1) is 22.0. The summed E-state index contributed by atoms with van der Waals surface area (Å²) in [6.07, 6.45) is 5.41. The van der Waals surface area contributed by atoms with Crippen molar-refractivity contribution in [2.45, 2.75) is 69.6 Å². The first kappa shape index (κ1) is 32.2. The summed E-state index contributed by atoms with van der Waals surface area (Å²) in [7, 11) is 0. The maximum Gasteiger partial charge on any atom is 0.407 e. The van der Waals surface area contributed by atoms with Crippen LogP contribution in [0.4, 0.5) is 4.79 Å². The molecule has 0 saturated carbocycles. The van der Waals surface area contributed by atoms with Gasteiger partial charge < -0.3 is 25.2 Å². The molecule has 1 spiro atoms. The Bertz CT molecular complexity index is 1360. The number of amides is 3. The van der Waals surface area contributed by atoms with E-state index in [9.17, 15) is 14.4 Å². The van der Waals surface area contributed by atoms with Crippen LogP contribution in [0.5, 0.6) is 0 Å². The highest BCUT2D eigenvalue weighted by molar-refractivity contribution is 6.00. The molecular weight excluding hydrogens is 564 g/mol. The number of unbranched alkanes of at least 4 members (excludes halogenated alkanes) is 1. The van der Waals surface area contributed by atoms with Crippen LogP contribution in [-0.4, -0.2) is 72.0 Å². The summed E-state index contributed by atoms with van der Waals surface area (Å²) in [5.74, 6) is 0.00719. The first-order valence-electron chi connectivity index (χ1n) is 16.4. The number of alkyl carbamates (subject to hydrolysis) is 1. The van der Waals surface area contributed by atoms with E-state index in [2.05, 4.69) is 51.9 Å². The molecule has 8 nitrogen and oxygen atoms in total. The van der Waals surface area contributed by atoms with Crippen molar-refractivity contribution in [1.82, 2.24) is 20.4 Å². The number of nitrogens with one attached hydrogen (secondary N) is 2. The van der Waals surface area contributed by atoms with Crippen LogP contribution in [0.3, 0.4) is 0 Å². The molecule has 0 aromatic heterocycles. The minimum Gasteiger partial charge on any atom is -0.445 e. The van der Waals surface area contributed by atoms with Crippen molar-refractivity contribution in [3.8, 4) is 0 Å². The zero-order valence-electron chi connectivity index (χ0n) is 26.2. The number of nitrogens with zero attached hydrogens (tertiary/aromatic N) is 2. The lowest BCUT2D eigenvalue weighted by molar-refractivity contribution is -0.161. The number of hydrogen-bond acceptors (Lipinski definition) is 5. The van der Waals surface area contributed by atoms with Crippen LogP contribution >= 0.6 is 0 Å². The second-order valence-electron chi connectivity index (χ2n) is 12.2. The van der Waals surface area contributed by atoms with Gasteiger partial charge in [-0.25, -0.2) is 4.79 Å². The molecule has 1 atom stereocenters. The van der Waals surface area contributed by atoms with Crippen LogP contribution in [0.25, 0.3) is 0 Å². The van der Waals surface area contributed by atoms with E-state index in [1.54, 1.807) is 0 Å². The van der Waals surface area contributed by atoms with Gasteiger partial charge in [-0.15, -0.1) is 0 Å². The van der Waals surface area contributed by atoms with Gasteiger partial charge in [0.15, 0.2) is 0 Å². The van der Waals surface area contributed by atoms with Crippen molar-refractivity contribution >= 4 is 17.9 Å². The van der Waals surface area contributed by atoms with E-state index in [-0.39, 0.29) is 18.4 Å². The van der Waals surface area contributed by atoms with Crippen molar-refractivity contribution in [2.75, 3.05) is 32.7 Å². The Morgan fingerprint density at radius 3 is 2.02 bits per heavy atom. The molecule has 0 bridgehead atoms. The zero-order valence-corrected chi connectivity index (χ0v) is 26.2. The highest BCUT2D eigenvalue weighted by Crippen LogP contribution is 2.34. The number of likely N-dealkylation sites (tertiary alicyclic amines) is 1. The third kappa shape index (κ3) is 8.94. The second-order valence-corrected chi connectivity index (χ2v) is 12.2. The molecule has 5 rings (SSSR count). The third-order valence-corrected chi connectivity index (χ3v) is 9.14. The predicted octanol–water partition coefficient (Wildman–Crippen LogP) is 5.12. The Morgan fingerprint density at radius 1 is 0.778 bits per heavy atom. The summed E-state index contributed by atoms with van der Waals surface area (Å²) in [5.41, 5.74) is 2.69. The van der Waals surface area contributed by atoms with Gasteiger partial charge in [0.05, 0.1) is 0 Å². The average Bonchev–Trinajstić information content (AvgIpc) is 3.08. The number of piperazine rings is 1. The van der Waals surface area contributed by atoms with Gasteiger partial charge in [0.25, 0.3) is 0 Å². The molecule has 3 aromatic rings. The van der Waals surface area contributed by atoms with E-state index in [1.807, 2.05) is 59.5 Å². The number of benzene rings is 3. The Morgan fingerprint density at radius 2 is 1.38 bits per heavy atom. The highest BCUT2D eigenvalue weighted by atomic mass is 16.5. The minimum absolute atomic E-state index is 0.0165. The van der Waals surface area contributed by atoms with E-state index < -0.39 is 17.7 Å². The lowest BCUT2D eigenvalue weighted by Gasteiger charge is -2.51. The number of aryl methyl sites for hydroxylation is 1. The topological polar surface area (TPSA) is 91.0 Å². The van der Waals surface area contributed by atoms with Crippen molar-refractivity contribution in [3.05, 3.63) is 108 Å². The normalized spacial score (nSPS) is 18.0. The fraction of sp³-hybridized carbons (Fsp3) is 0.432. The molecule has 238 valence electrons. The van der Waals surface area contributed by atoms with Crippen molar-refractivity contribution < 1.29 is 19.1 Å². The van der Waals surface area contributed by atoms with E-state index in [1.165, 1.54) is 11.1 Å². The molecule has 2 fully saturated rings. The van der Waals surface area contributed by atoms with Crippen LogP contribution in [0.1, 0.15) is 55.2 Å². The largest absolute Gasteiger partial charge is 0.445 e. The fourth-order valence-electron chi connectivity index (χ4n) is 6.50. The van der Waals surface area contributed by atoms with Gasteiger partial charge in [-0.1, -0.05) is 91.0 Å². The van der Waals surface area contributed by atoms with Crippen molar-refractivity contribution in [2.24, 2.45) is 0 Å². The third-order valence-electron chi connectivity index (χ3n) is 9.14. The molecule has 0 aliphatic carbocycles. The molecule has 3 aromatic carbocycles. The summed E-state index contributed by atoms with van der Waals surface area (Å²) >= 11 is 0. The smallest absolute Gasteiger partial charge is 0.407 e. The lowest BCUT2D eigenvalue weighted by Crippen LogP contribution is -2.73. The number of hydrogen-bond donors (Lipinski definition) is 2. The van der Waals surface area contributed by atoms with Crippen molar-refractivity contribution in [3.63, 3.8) is 0 Å². The Hall–Kier alpha value is -4.17. The number of rotatable bonds is 14. The first-order valence-corrected chi connectivity index (χ1v) is 16.4. The summed E-state index contributed by atoms with van der Waals surface area (Å²) in [6.45, 7) is 3.77. The zero-order chi connectivity index (χ0) is 31.3. The number of piperidine rings is 1. The molecule has 8 heteroatoms. The Kier molecular flexibility index (Phi) is 11.6. The SMILES string of the molecule is O=C(NCCCC[C@@H]1NC(=O)C2(CCN(CCc3ccccc3)CC2)N(CCCc2ccccc2)C1=O)OCc1ccccc1. The Balaban J connectivity index is 1.13. The van der Waals surface area contributed by atoms with Gasteiger partial charge in [0.1, 0.15) is 18.2 Å². The minimum atomic E-state index is -0.794. The van der Waals surface area contributed by atoms with Gasteiger partial charge in [-0.05, 0) is 68.1 Å². The molecule has 0 unspecified atom stereocenters. The van der Waals surface area contributed by atoms with Gasteiger partial charge in [-0.3, -0.25) is 9.59 Å². The maximum atomic E-state index is 14.0. The molecule has 0 radical (unpaired) electrons. The van der Waals surface area contributed by atoms with Gasteiger partial charge >= 0.3 is 6.09 Å².